The number of carbonyl (C=O) groups excluding carboxylic acids is 2. The summed E-state index contributed by atoms with van der Waals surface area (Å²) in [5, 5.41) is 8.01. The Morgan fingerprint density at radius 1 is 1.20 bits per heavy atom. The average molecular weight is 483 g/mol. The number of methoxy groups -OCH3 is 1. The first kappa shape index (κ1) is 25.2. The zero-order chi connectivity index (χ0) is 24.8. The summed E-state index contributed by atoms with van der Waals surface area (Å²) in [6.07, 6.45) is 7.45. The third-order valence-corrected chi connectivity index (χ3v) is 7.16. The number of ether oxygens (including phenoxy) is 2. The highest BCUT2D eigenvalue weighted by atomic mass is 16.5. The lowest BCUT2D eigenvalue weighted by molar-refractivity contribution is -0.134. The molecule has 1 unspecified atom stereocenters. The number of aromatic nitrogens is 2. The second-order valence-electron chi connectivity index (χ2n) is 9.80. The van der Waals surface area contributed by atoms with Gasteiger partial charge in [-0.15, -0.1) is 0 Å². The lowest BCUT2D eigenvalue weighted by Gasteiger charge is -2.44. The van der Waals surface area contributed by atoms with E-state index in [4.69, 9.17) is 14.6 Å². The van der Waals surface area contributed by atoms with Crippen molar-refractivity contribution in [1.29, 1.82) is 0 Å². The molecular weight excluding hydrogens is 444 g/mol. The first-order valence-corrected chi connectivity index (χ1v) is 12.9. The van der Waals surface area contributed by atoms with Crippen molar-refractivity contribution >= 4 is 11.8 Å². The monoisotopic (exact) mass is 482 g/mol. The highest BCUT2D eigenvalue weighted by molar-refractivity contribution is 6.00. The molecule has 1 fully saturated rings. The van der Waals surface area contributed by atoms with Crippen molar-refractivity contribution in [3.63, 3.8) is 0 Å². The van der Waals surface area contributed by atoms with E-state index < -0.39 is 5.54 Å². The van der Waals surface area contributed by atoms with Gasteiger partial charge in [0.2, 0.25) is 5.91 Å². The third-order valence-electron chi connectivity index (χ3n) is 7.16. The number of hydrogen-bond donors (Lipinski definition) is 1. The second-order valence-corrected chi connectivity index (χ2v) is 9.80. The zero-order valence-electron chi connectivity index (χ0n) is 21.2. The Kier molecular flexibility index (Phi) is 8.11. The molecule has 4 rings (SSSR count). The summed E-state index contributed by atoms with van der Waals surface area (Å²) >= 11 is 0. The van der Waals surface area contributed by atoms with Crippen molar-refractivity contribution in [2.24, 2.45) is 0 Å². The number of hydrogen-bond acceptors (Lipinski definition) is 5. The van der Waals surface area contributed by atoms with Crippen LogP contribution in [0.15, 0.2) is 30.3 Å². The fourth-order valence-corrected chi connectivity index (χ4v) is 5.02. The van der Waals surface area contributed by atoms with Crippen LogP contribution in [0.25, 0.3) is 11.3 Å². The Bertz CT molecular complexity index is 1030. The number of fused-ring (bicyclic) bond motifs is 1. The molecule has 1 saturated carbocycles. The van der Waals surface area contributed by atoms with Gasteiger partial charge >= 0.3 is 0 Å². The number of benzene rings is 1. The van der Waals surface area contributed by atoms with E-state index in [2.05, 4.69) is 12.2 Å². The largest absolute Gasteiger partial charge is 0.493 e. The van der Waals surface area contributed by atoms with E-state index in [-0.39, 0.29) is 24.4 Å². The van der Waals surface area contributed by atoms with Crippen LogP contribution < -0.4 is 10.1 Å². The Morgan fingerprint density at radius 2 is 1.97 bits per heavy atom. The van der Waals surface area contributed by atoms with E-state index >= 15 is 0 Å². The van der Waals surface area contributed by atoms with Crippen LogP contribution in [0.4, 0.5) is 0 Å². The third kappa shape index (κ3) is 5.37. The highest BCUT2D eigenvalue weighted by Gasteiger charge is 2.48. The van der Waals surface area contributed by atoms with Crippen LogP contribution in [0.3, 0.4) is 0 Å². The van der Waals surface area contributed by atoms with Crippen LogP contribution in [-0.4, -0.2) is 64.9 Å². The van der Waals surface area contributed by atoms with Crippen LogP contribution in [-0.2, 0) is 16.1 Å². The maximum atomic E-state index is 13.7. The van der Waals surface area contributed by atoms with Crippen molar-refractivity contribution in [3.05, 3.63) is 36.0 Å². The van der Waals surface area contributed by atoms with Crippen molar-refractivity contribution < 1.29 is 19.1 Å². The predicted octanol–water partition coefficient (Wildman–Crippen LogP) is 4.04. The van der Waals surface area contributed by atoms with E-state index in [9.17, 15) is 9.59 Å². The number of rotatable bonds is 10. The molecule has 0 spiro atoms. The van der Waals surface area contributed by atoms with Crippen LogP contribution in [0.1, 0.15) is 69.3 Å². The molecule has 2 aromatic rings. The predicted molar refractivity (Wildman–Crippen MR) is 134 cm³/mol. The Balaban J connectivity index is 1.64. The van der Waals surface area contributed by atoms with Crippen LogP contribution in [0.5, 0.6) is 5.75 Å². The zero-order valence-corrected chi connectivity index (χ0v) is 21.2. The minimum Gasteiger partial charge on any atom is -0.493 e. The standard InChI is InChI=1S/C27H38N4O4/c1-4-5-16-35-24-14-10-9-13-21(24)22-18-23-25(32)30(15-17-34-3)27(2,19-31(23)29-22)26(33)28-20-11-7-6-8-12-20/h9-10,13-14,18,20H,4-8,11-12,15-17,19H2,1-3H3,(H,28,33). The summed E-state index contributed by atoms with van der Waals surface area (Å²) in [5.74, 6) is 0.412. The summed E-state index contributed by atoms with van der Waals surface area (Å²) in [6.45, 7) is 5.57. The minimum absolute atomic E-state index is 0.125. The van der Waals surface area contributed by atoms with Crippen molar-refractivity contribution in [2.45, 2.75) is 76.9 Å². The van der Waals surface area contributed by atoms with Gasteiger partial charge in [0.05, 0.1) is 25.5 Å². The molecule has 2 aliphatic rings. The molecule has 0 saturated heterocycles. The Hall–Kier alpha value is -2.87. The van der Waals surface area contributed by atoms with E-state index in [0.717, 1.165) is 49.8 Å². The van der Waals surface area contributed by atoms with Crippen molar-refractivity contribution in [2.75, 3.05) is 26.9 Å². The molecule has 1 aromatic heterocycles. The summed E-state index contributed by atoms with van der Waals surface area (Å²) in [6, 6.07) is 9.73. The fraction of sp³-hybridized carbons (Fsp3) is 0.593. The number of amides is 2. The summed E-state index contributed by atoms with van der Waals surface area (Å²) in [5.41, 5.74) is 0.933. The van der Waals surface area contributed by atoms with Gasteiger partial charge in [0.1, 0.15) is 17.0 Å². The minimum atomic E-state index is -1.06. The smallest absolute Gasteiger partial charge is 0.273 e. The molecule has 8 heteroatoms. The van der Waals surface area contributed by atoms with Gasteiger partial charge in [0.25, 0.3) is 5.91 Å². The Morgan fingerprint density at radius 3 is 2.71 bits per heavy atom. The lowest BCUT2D eigenvalue weighted by Crippen LogP contribution is -2.65. The maximum absolute atomic E-state index is 13.7. The molecular formula is C27H38N4O4. The molecule has 1 aromatic carbocycles. The SMILES string of the molecule is CCCCOc1ccccc1-c1cc2n(n1)CC(C)(C(=O)NC1CCCCC1)N(CCOC)C2=O. The number of carbonyl (C=O) groups is 2. The molecule has 1 aliphatic heterocycles. The van der Waals surface area contributed by atoms with Gasteiger partial charge < -0.3 is 19.7 Å². The number of para-hydroxylation sites is 1. The molecule has 8 nitrogen and oxygen atoms in total. The summed E-state index contributed by atoms with van der Waals surface area (Å²) < 4.78 is 13.0. The summed E-state index contributed by atoms with van der Waals surface area (Å²) in [4.78, 5) is 28.9. The van der Waals surface area contributed by atoms with Crippen molar-refractivity contribution in [3.8, 4) is 17.0 Å². The van der Waals surface area contributed by atoms with Gasteiger partial charge in [-0.05, 0) is 44.4 Å². The Labute approximate surface area is 208 Å². The molecule has 1 N–H and O–H groups in total. The molecule has 0 bridgehead atoms. The lowest BCUT2D eigenvalue weighted by atomic mass is 9.91. The van der Waals surface area contributed by atoms with Gasteiger partial charge in [-0.25, -0.2) is 0 Å². The quantitative estimate of drug-likeness (QED) is 0.517. The first-order valence-electron chi connectivity index (χ1n) is 12.9. The molecule has 0 radical (unpaired) electrons. The molecule has 2 amide bonds. The van der Waals surface area contributed by atoms with E-state index in [0.29, 0.717) is 31.1 Å². The molecule has 1 aliphatic carbocycles. The van der Waals surface area contributed by atoms with Gasteiger partial charge in [-0.2, -0.15) is 5.10 Å². The van der Waals surface area contributed by atoms with Crippen molar-refractivity contribution in [1.82, 2.24) is 20.0 Å². The topological polar surface area (TPSA) is 85.7 Å². The maximum Gasteiger partial charge on any atom is 0.273 e. The molecule has 35 heavy (non-hydrogen) atoms. The number of nitrogens with zero attached hydrogens (tertiary/aromatic N) is 3. The van der Waals surface area contributed by atoms with E-state index in [1.54, 1.807) is 16.7 Å². The summed E-state index contributed by atoms with van der Waals surface area (Å²) in [7, 11) is 1.60. The number of unbranched alkanes of at least 4 members (excludes halogenated alkanes) is 1. The molecule has 190 valence electrons. The fourth-order valence-electron chi connectivity index (χ4n) is 5.02. The highest BCUT2D eigenvalue weighted by Crippen LogP contribution is 2.34. The number of nitrogens with one attached hydrogen (secondary N) is 1. The normalized spacial score (nSPS) is 20.5. The van der Waals surface area contributed by atoms with Crippen LogP contribution in [0.2, 0.25) is 0 Å². The van der Waals surface area contributed by atoms with Crippen LogP contribution >= 0.6 is 0 Å². The van der Waals surface area contributed by atoms with E-state index in [1.165, 1.54) is 6.42 Å². The first-order chi connectivity index (χ1) is 17.0. The van der Waals surface area contributed by atoms with Gasteiger partial charge in [0.15, 0.2) is 0 Å². The van der Waals surface area contributed by atoms with Crippen LogP contribution in [0, 0.1) is 0 Å². The van der Waals surface area contributed by atoms with Gasteiger partial charge in [0, 0.05) is 25.3 Å². The average Bonchev–Trinajstić information content (AvgIpc) is 3.29. The van der Waals surface area contributed by atoms with Gasteiger partial charge in [-0.1, -0.05) is 44.7 Å². The van der Waals surface area contributed by atoms with Gasteiger partial charge in [-0.3, -0.25) is 14.3 Å². The molecule has 1 atom stereocenters. The molecule has 2 heterocycles. The second kappa shape index (κ2) is 11.2. The van der Waals surface area contributed by atoms with E-state index in [1.807, 2.05) is 37.3 Å².